The number of rotatable bonds is 10. The highest BCUT2D eigenvalue weighted by Gasteiger charge is 2.55. The van der Waals surface area contributed by atoms with Crippen LogP contribution >= 0.6 is 0 Å². The van der Waals surface area contributed by atoms with Crippen LogP contribution in [0.3, 0.4) is 0 Å². The van der Waals surface area contributed by atoms with Crippen molar-refractivity contribution in [1.82, 2.24) is 5.32 Å². The predicted octanol–water partition coefficient (Wildman–Crippen LogP) is -8.58. The fourth-order valence-corrected chi connectivity index (χ4v) is 5.89. The van der Waals surface area contributed by atoms with E-state index in [9.17, 15) is 66.1 Å². The van der Waals surface area contributed by atoms with E-state index in [2.05, 4.69) is 5.32 Å². The van der Waals surface area contributed by atoms with E-state index in [1.807, 2.05) is 0 Å². The van der Waals surface area contributed by atoms with Crippen LogP contribution in [0.25, 0.3) is 0 Å². The van der Waals surface area contributed by atoms with Crippen molar-refractivity contribution in [1.29, 1.82) is 0 Å². The van der Waals surface area contributed by atoms with E-state index in [1.165, 1.54) is 6.92 Å². The van der Waals surface area contributed by atoms with Crippen molar-refractivity contribution in [3.8, 4) is 0 Å². The number of nitrogens with one attached hydrogen (secondary N) is 1. The second-order valence-corrected chi connectivity index (χ2v) is 11.9. The Morgan fingerprint density at radius 3 is 1.60 bits per heavy atom. The van der Waals surface area contributed by atoms with Crippen molar-refractivity contribution in [3.63, 3.8) is 0 Å². The molecule has 0 spiro atoms. The summed E-state index contributed by atoms with van der Waals surface area (Å²) >= 11 is 0. The molecule has 4 aliphatic rings. The second kappa shape index (κ2) is 16.2. The lowest BCUT2D eigenvalue weighted by Crippen LogP contribution is -2.70. The van der Waals surface area contributed by atoms with Gasteiger partial charge in [0, 0.05) is 6.92 Å². The molecule has 4 saturated heterocycles. The molecule has 21 heteroatoms. The number of amides is 1. The molecule has 4 heterocycles. The van der Waals surface area contributed by atoms with Crippen molar-refractivity contribution < 1.29 is 99.2 Å². The molecule has 0 bridgehead atoms. The maximum atomic E-state index is 12.2. The molecule has 274 valence electrons. The Morgan fingerprint density at radius 2 is 1.02 bits per heavy atom. The van der Waals surface area contributed by atoms with Gasteiger partial charge in [0.2, 0.25) is 5.91 Å². The average molecular weight is 692 g/mol. The first-order valence-corrected chi connectivity index (χ1v) is 15.0. The number of ether oxygens (including phenoxy) is 7. The van der Waals surface area contributed by atoms with E-state index >= 15 is 0 Å². The van der Waals surface area contributed by atoms with Crippen molar-refractivity contribution in [2.24, 2.45) is 0 Å². The molecule has 4 aliphatic heterocycles. The molecule has 4 fully saturated rings. The number of carbonyl (C=O) groups excluding carboxylic acids is 1. The van der Waals surface area contributed by atoms with E-state index in [0.717, 1.165) is 6.92 Å². The van der Waals surface area contributed by atoms with Gasteiger partial charge < -0.3 is 99.8 Å². The Hall–Kier alpha value is -1.29. The molecule has 0 aromatic rings. The minimum Gasteiger partial charge on any atom is -0.394 e. The van der Waals surface area contributed by atoms with Gasteiger partial charge in [-0.1, -0.05) is 0 Å². The number of hydrogen-bond acceptors (Lipinski definition) is 20. The van der Waals surface area contributed by atoms with Crippen LogP contribution in [0.2, 0.25) is 0 Å². The maximum Gasteiger partial charge on any atom is 0.217 e. The molecule has 0 saturated carbocycles. The van der Waals surface area contributed by atoms with Crippen LogP contribution in [0.15, 0.2) is 0 Å². The van der Waals surface area contributed by atoms with Crippen molar-refractivity contribution in [2.75, 3.05) is 19.8 Å². The van der Waals surface area contributed by atoms with E-state index < -0.39 is 148 Å². The molecule has 0 radical (unpaired) electrons. The molecule has 1 amide bonds. The summed E-state index contributed by atoms with van der Waals surface area (Å²) in [6.07, 6.45) is -32.0. The van der Waals surface area contributed by atoms with Crippen LogP contribution in [-0.4, -0.2) is 210 Å². The van der Waals surface area contributed by atoms with Crippen LogP contribution in [-0.2, 0) is 38.0 Å². The fraction of sp³-hybridized carbons (Fsp3) is 0.962. The van der Waals surface area contributed by atoms with E-state index in [0.29, 0.717) is 0 Å². The minimum atomic E-state index is -2.01. The minimum absolute atomic E-state index is 0.732. The monoisotopic (exact) mass is 691 g/mol. The second-order valence-electron chi connectivity index (χ2n) is 11.9. The zero-order chi connectivity index (χ0) is 34.9. The topological polar surface area (TPSA) is 336 Å². The zero-order valence-electron chi connectivity index (χ0n) is 25.3. The average Bonchev–Trinajstić information content (AvgIpc) is 3.04. The van der Waals surface area contributed by atoms with E-state index in [1.54, 1.807) is 0 Å². The highest BCUT2D eigenvalue weighted by atomic mass is 16.8. The molecule has 47 heavy (non-hydrogen) atoms. The summed E-state index contributed by atoms with van der Waals surface area (Å²) in [5, 5.41) is 126. The van der Waals surface area contributed by atoms with Gasteiger partial charge in [-0.2, -0.15) is 0 Å². The van der Waals surface area contributed by atoms with Crippen molar-refractivity contribution in [2.45, 2.75) is 137 Å². The van der Waals surface area contributed by atoms with Gasteiger partial charge >= 0.3 is 0 Å². The van der Waals surface area contributed by atoms with Crippen molar-refractivity contribution >= 4 is 5.91 Å². The molecule has 20 atom stereocenters. The molecule has 0 unspecified atom stereocenters. The van der Waals surface area contributed by atoms with Gasteiger partial charge in [0.25, 0.3) is 0 Å². The van der Waals surface area contributed by atoms with Crippen LogP contribution < -0.4 is 5.32 Å². The van der Waals surface area contributed by atoms with Gasteiger partial charge in [-0.05, 0) is 6.92 Å². The fourth-order valence-electron chi connectivity index (χ4n) is 5.89. The summed E-state index contributed by atoms with van der Waals surface area (Å²) in [6, 6.07) is -1.55. The van der Waals surface area contributed by atoms with Gasteiger partial charge in [0.15, 0.2) is 25.2 Å². The van der Waals surface area contributed by atoms with Gasteiger partial charge in [-0.15, -0.1) is 0 Å². The number of carbonyl (C=O) groups is 1. The first kappa shape index (κ1) is 38.5. The van der Waals surface area contributed by atoms with Gasteiger partial charge in [0.1, 0.15) is 91.5 Å². The largest absolute Gasteiger partial charge is 0.394 e. The molecule has 13 N–H and O–H groups in total. The molecule has 0 aromatic heterocycles. The lowest BCUT2D eigenvalue weighted by molar-refractivity contribution is -0.377. The number of aliphatic hydroxyl groups is 12. The summed E-state index contributed by atoms with van der Waals surface area (Å²) in [5.41, 5.74) is 0. The molecular formula is C26H45NO20. The Balaban J connectivity index is 1.56. The van der Waals surface area contributed by atoms with Crippen LogP contribution in [0.1, 0.15) is 13.8 Å². The van der Waals surface area contributed by atoms with Gasteiger partial charge in [0.05, 0.1) is 25.9 Å². The van der Waals surface area contributed by atoms with Gasteiger partial charge in [-0.25, -0.2) is 0 Å². The first-order chi connectivity index (χ1) is 22.1. The normalized spacial score (nSPS) is 51.0. The number of hydrogen-bond donors (Lipinski definition) is 13. The Kier molecular flexibility index (Phi) is 13.2. The molecule has 4 rings (SSSR count). The summed E-state index contributed by atoms with van der Waals surface area (Å²) in [6.45, 7) is -0.0970. The van der Waals surface area contributed by atoms with E-state index in [4.69, 9.17) is 33.2 Å². The number of aliphatic hydroxyl groups excluding tert-OH is 12. The Labute approximate surface area is 267 Å². The SMILES string of the molecule is CC(=O)N[C@H]1[C@H](O[C@@H]2[C@H](O)[C@@H](O)[C@H](O)O[C@@H]2CO)O[C@H](CO)[C@@H](O)[C@@H]1O[C@@H]1O[C@H](CO)[C@H](O[C@H]2O[C@H](C)[C@H](O)[C@H](O)[C@H]2O)[C@H](O)[C@H]1O. The standard InChI is InChI=1S/C26H45NO20/c1-6-12(32)14(34)18(38)25(41-6)46-21-10(5-30)44-26(19(39)16(21)36)47-22-11(27-7(2)31)24(43-8(3-28)13(22)33)45-20-9(4-29)42-23(40)17(37)15(20)35/h6,8-26,28-30,32-40H,3-5H2,1-2H3,(H,27,31)/t6-,8-,9-,10-,11-,12+,13-,14+,15-,16-,17-,18-,19-,20+,21+,22-,23-,24+,25-,26+/m1/s1. The third-order valence-electron chi connectivity index (χ3n) is 8.57. The summed E-state index contributed by atoms with van der Waals surface area (Å²) in [5.74, 6) is -0.732. The summed E-state index contributed by atoms with van der Waals surface area (Å²) < 4.78 is 38.9. The first-order valence-electron chi connectivity index (χ1n) is 15.0. The Morgan fingerprint density at radius 1 is 0.553 bits per heavy atom. The lowest BCUT2D eigenvalue weighted by Gasteiger charge is -2.50. The smallest absolute Gasteiger partial charge is 0.217 e. The van der Waals surface area contributed by atoms with Crippen LogP contribution in [0, 0.1) is 0 Å². The zero-order valence-corrected chi connectivity index (χ0v) is 25.3. The lowest BCUT2D eigenvalue weighted by atomic mass is 9.94. The third-order valence-corrected chi connectivity index (χ3v) is 8.57. The van der Waals surface area contributed by atoms with Gasteiger partial charge in [-0.3, -0.25) is 4.79 Å². The third kappa shape index (κ3) is 8.04. The Bertz CT molecular complexity index is 1010. The van der Waals surface area contributed by atoms with Crippen LogP contribution in [0.5, 0.6) is 0 Å². The summed E-state index contributed by atoms with van der Waals surface area (Å²) in [7, 11) is 0. The molecule has 0 aliphatic carbocycles. The predicted molar refractivity (Wildman–Crippen MR) is 144 cm³/mol. The van der Waals surface area contributed by atoms with E-state index in [-0.39, 0.29) is 0 Å². The van der Waals surface area contributed by atoms with Crippen molar-refractivity contribution in [3.05, 3.63) is 0 Å². The quantitative estimate of drug-likeness (QED) is 0.101. The van der Waals surface area contributed by atoms with Crippen LogP contribution in [0.4, 0.5) is 0 Å². The molecule has 21 nitrogen and oxygen atoms in total. The molecular weight excluding hydrogens is 646 g/mol. The maximum absolute atomic E-state index is 12.2. The highest BCUT2D eigenvalue weighted by molar-refractivity contribution is 5.73. The summed E-state index contributed by atoms with van der Waals surface area (Å²) in [4.78, 5) is 12.2. The molecule has 0 aromatic carbocycles. The highest BCUT2D eigenvalue weighted by Crippen LogP contribution is 2.34.